The highest BCUT2D eigenvalue weighted by Gasteiger charge is 2.10. The van der Waals surface area contributed by atoms with Crippen molar-refractivity contribution < 1.29 is 0 Å². The smallest absolute Gasteiger partial charge is 0.261 e. The molecule has 0 spiro atoms. The van der Waals surface area contributed by atoms with Crippen LogP contribution in [0.5, 0.6) is 0 Å². The molecule has 1 atom stereocenters. The molecule has 0 saturated carbocycles. The van der Waals surface area contributed by atoms with E-state index in [1.165, 1.54) is 0 Å². The Hall–Kier alpha value is -2.18. The number of hydrogen-bond donors (Lipinski definition) is 1. The van der Waals surface area contributed by atoms with Crippen molar-refractivity contribution in [2.45, 2.75) is 39.9 Å². The Kier molecular flexibility index (Phi) is 5.20. The topological polar surface area (TPSA) is 64.7 Å². The molecule has 0 aliphatic rings. The SMILES string of the molecule is Cc1nn(CCNC(C)Cn2cnc3ccccc3c2=O)c(C)c1Cl. The maximum atomic E-state index is 12.5. The molecule has 3 aromatic rings. The zero-order valence-electron chi connectivity index (χ0n) is 14.7. The highest BCUT2D eigenvalue weighted by Crippen LogP contribution is 2.18. The molecule has 7 heteroatoms. The number of aromatic nitrogens is 4. The third-order valence-corrected chi connectivity index (χ3v) is 4.86. The number of benzene rings is 1. The van der Waals surface area contributed by atoms with Crippen molar-refractivity contribution in [2.24, 2.45) is 0 Å². The number of fused-ring (bicyclic) bond motifs is 1. The van der Waals surface area contributed by atoms with E-state index < -0.39 is 0 Å². The van der Waals surface area contributed by atoms with Gasteiger partial charge in [0.1, 0.15) is 0 Å². The summed E-state index contributed by atoms with van der Waals surface area (Å²) < 4.78 is 3.56. The minimum atomic E-state index is -0.00965. The molecule has 0 amide bonds. The van der Waals surface area contributed by atoms with Gasteiger partial charge < -0.3 is 5.32 Å². The van der Waals surface area contributed by atoms with E-state index in [1.807, 2.05) is 42.8 Å². The lowest BCUT2D eigenvalue weighted by atomic mass is 10.2. The molecule has 0 fully saturated rings. The maximum absolute atomic E-state index is 12.5. The number of aryl methyl sites for hydroxylation is 1. The van der Waals surface area contributed by atoms with E-state index in [2.05, 4.69) is 22.3 Å². The second-order valence-electron chi connectivity index (χ2n) is 6.28. The van der Waals surface area contributed by atoms with Crippen molar-refractivity contribution in [3.63, 3.8) is 0 Å². The van der Waals surface area contributed by atoms with Crippen LogP contribution in [0.4, 0.5) is 0 Å². The predicted octanol–water partition coefficient (Wildman–Crippen LogP) is 2.54. The summed E-state index contributed by atoms with van der Waals surface area (Å²) in [4.78, 5) is 16.9. The van der Waals surface area contributed by atoms with Gasteiger partial charge in [0.15, 0.2) is 0 Å². The molecule has 2 heterocycles. The Morgan fingerprint density at radius 3 is 2.76 bits per heavy atom. The normalized spacial score (nSPS) is 12.6. The number of nitrogens with one attached hydrogen (secondary N) is 1. The Bertz CT molecular complexity index is 946. The minimum absolute atomic E-state index is 0.00965. The van der Waals surface area contributed by atoms with Crippen molar-refractivity contribution in [3.05, 3.63) is 57.4 Å². The summed E-state index contributed by atoms with van der Waals surface area (Å²) in [6, 6.07) is 7.53. The summed E-state index contributed by atoms with van der Waals surface area (Å²) >= 11 is 6.16. The molecule has 25 heavy (non-hydrogen) atoms. The average molecular weight is 360 g/mol. The zero-order valence-corrected chi connectivity index (χ0v) is 15.4. The standard InChI is InChI=1S/C18H22ClN5O/c1-12(20-8-9-24-14(3)17(19)13(2)22-24)10-23-11-21-16-7-5-4-6-15(16)18(23)25/h4-7,11-12,20H,8-10H2,1-3H3. The number of nitrogens with zero attached hydrogens (tertiary/aromatic N) is 4. The van der Waals surface area contributed by atoms with E-state index in [0.29, 0.717) is 11.9 Å². The fourth-order valence-corrected chi connectivity index (χ4v) is 3.04. The summed E-state index contributed by atoms with van der Waals surface area (Å²) in [7, 11) is 0. The number of halogens is 1. The average Bonchev–Trinajstić information content (AvgIpc) is 2.85. The van der Waals surface area contributed by atoms with Crippen LogP contribution in [0.3, 0.4) is 0 Å². The van der Waals surface area contributed by atoms with Crippen LogP contribution in [0.2, 0.25) is 5.02 Å². The molecule has 0 aliphatic heterocycles. The summed E-state index contributed by atoms with van der Waals surface area (Å²) in [5.41, 5.74) is 2.54. The second kappa shape index (κ2) is 7.37. The van der Waals surface area contributed by atoms with Crippen LogP contribution >= 0.6 is 11.6 Å². The maximum Gasteiger partial charge on any atom is 0.261 e. The van der Waals surface area contributed by atoms with E-state index in [1.54, 1.807) is 10.9 Å². The largest absolute Gasteiger partial charge is 0.311 e. The van der Waals surface area contributed by atoms with Gasteiger partial charge in [-0.2, -0.15) is 5.10 Å². The molecule has 1 N–H and O–H groups in total. The fraction of sp³-hybridized carbons (Fsp3) is 0.389. The molecular weight excluding hydrogens is 338 g/mol. The van der Waals surface area contributed by atoms with Gasteiger partial charge in [0.05, 0.1) is 40.2 Å². The molecule has 0 aliphatic carbocycles. The zero-order chi connectivity index (χ0) is 18.0. The first-order chi connectivity index (χ1) is 12.0. The first kappa shape index (κ1) is 17.6. The second-order valence-corrected chi connectivity index (χ2v) is 6.66. The summed E-state index contributed by atoms with van der Waals surface area (Å²) in [5.74, 6) is 0. The Labute approximate surface area is 151 Å². The molecule has 3 rings (SSSR count). The Morgan fingerprint density at radius 1 is 1.28 bits per heavy atom. The van der Waals surface area contributed by atoms with Crippen molar-refractivity contribution in [3.8, 4) is 0 Å². The van der Waals surface area contributed by atoms with Crippen LogP contribution in [-0.2, 0) is 13.1 Å². The Morgan fingerprint density at radius 2 is 2.04 bits per heavy atom. The van der Waals surface area contributed by atoms with Crippen LogP contribution in [0, 0.1) is 13.8 Å². The van der Waals surface area contributed by atoms with Crippen LogP contribution in [0.15, 0.2) is 35.4 Å². The molecule has 1 aromatic carbocycles. The van der Waals surface area contributed by atoms with Gasteiger partial charge in [0.25, 0.3) is 5.56 Å². The number of rotatable bonds is 6. The summed E-state index contributed by atoms with van der Waals surface area (Å²) in [6.07, 6.45) is 1.61. The highest BCUT2D eigenvalue weighted by molar-refractivity contribution is 6.31. The number of hydrogen-bond acceptors (Lipinski definition) is 4. The van der Waals surface area contributed by atoms with Crippen LogP contribution in [-0.4, -0.2) is 31.9 Å². The van der Waals surface area contributed by atoms with E-state index in [9.17, 15) is 4.79 Å². The molecule has 1 unspecified atom stereocenters. The van der Waals surface area contributed by atoms with Crippen molar-refractivity contribution in [1.29, 1.82) is 0 Å². The van der Waals surface area contributed by atoms with E-state index in [0.717, 1.165) is 35.0 Å². The van der Waals surface area contributed by atoms with Crippen molar-refractivity contribution in [2.75, 3.05) is 6.54 Å². The molecule has 6 nitrogen and oxygen atoms in total. The lowest BCUT2D eigenvalue weighted by Crippen LogP contribution is -2.36. The van der Waals surface area contributed by atoms with Gasteiger partial charge in [-0.1, -0.05) is 23.7 Å². The third-order valence-electron chi connectivity index (χ3n) is 4.31. The predicted molar refractivity (Wildman–Crippen MR) is 100 cm³/mol. The van der Waals surface area contributed by atoms with E-state index in [4.69, 9.17) is 11.6 Å². The summed E-state index contributed by atoms with van der Waals surface area (Å²) in [6.45, 7) is 7.96. The van der Waals surface area contributed by atoms with Crippen LogP contribution < -0.4 is 10.9 Å². The van der Waals surface area contributed by atoms with Crippen molar-refractivity contribution >= 4 is 22.5 Å². The highest BCUT2D eigenvalue weighted by atomic mass is 35.5. The monoisotopic (exact) mass is 359 g/mol. The lowest BCUT2D eigenvalue weighted by Gasteiger charge is -2.16. The minimum Gasteiger partial charge on any atom is -0.311 e. The van der Waals surface area contributed by atoms with Crippen LogP contribution in [0.25, 0.3) is 10.9 Å². The molecule has 0 bridgehead atoms. The third kappa shape index (κ3) is 3.75. The van der Waals surface area contributed by atoms with Gasteiger partial charge in [0, 0.05) is 19.1 Å². The van der Waals surface area contributed by atoms with Gasteiger partial charge in [0.2, 0.25) is 0 Å². The van der Waals surface area contributed by atoms with Crippen LogP contribution in [0.1, 0.15) is 18.3 Å². The molecule has 0 radical (unpaired) electrons. The molecule has 2 aromatic heterocycles. The summed E-state index contributed by atoms with van der Waals surface area (Å²) in [5, 5.41) is 9.21. The van der Waals surface area contributed by atoms with Gasteiger partial charge >= 0.3 is 0 Å². The molecule has 0 saturated heterocycles. The molecule has 132 valence electrons. The van der Waals surface area contributed by atoms with Gasteiger partial charge in [-0.15, -0.1) is 0 Å². The van der Waals surface area contributed by atoms with E-state index in [-0.39, 0.29) is 11.6 Å². The van der Waals surface area contributed by atoms with Gasteiger partial charge in [-0.25, -0.2) is 4.98 Å². The van der Waals surface area contributed by atoms with Gasteiger partial charge in [-0.05, 0) is 32.9 Å². The lowest BCUT2D eigenvalue weighted by molar-refractivity contribution is 0.442. The van der Waals surface area contributed by atoms with Gasteiger partial charge in [-0.3, -0.25) is 14.0 Å². The van der Waals surface area contributed by atoms with E-state index >= 15 is 0 Å². The fourth-order valence-electron chi connectivity index (χ4n) is 2.91. The Balaban J connectivity index is 1.61. The first-order valence-corrected chi connectivity index (χ1v) is 8.72. The molecular formula is C18H22ClN5O. The number of para-hydroxylation sites is 1. The first-order valence-electron chi connectivity index (χ1n) is 8.34. The van der Waals surface area contributed by atoms with Crippen molar-refractivity contribution in [1.82, 2.24) is 24.6 Å². The quantitative estimate of drug-likeness (QED) is 0.734.